The molecular weight excluding hydrogens is 319 g/mol. The van der Waals surface area contributed by atoms with Crippen LogP contribution in [0.4, 0.5) is 4.39 Å². The average Bonchev–Trinajstić information content (AvgIpc) is 2.27. The summed E-state index contributed by atoms with van der Waals surface area (Å²) in [5.41, 5.74) is 6.12. The van der Waals surface area contributed by atoms with E-state index in [1.54, 1.807) is 18.3 Å². The van der Waals surface area contributed by atoms with E-state index in [0.29, 0.717) is 21.5 Å². The van der Waals surface area contributed by atoms with Crippen molar-refractivity contribution in [3.05, 3.63) is 52.5 Å². The molecule has 0 spiro atoms. The topological polar surface area (TPSA) is 48.1 Å². The highest BCUT2D eigenvalue weighted by Gasteiger charge is 2.08. The molecule has 1 aromatic heterocycles. The predicted molar refractivity (Wildman–Crippen MR) is 74.3 cm³/mol. The third-order valence-corrected chi connectivity index (χ3v) is 2.79. The molecule has 2 N–H and O–H groups in total. The Morgan fingerprint density at radius 3 is 2.83 bits per heavy atom. The van der Waals surface area contributed by atoms with Crippen LogP contribution in [-0.2, 0) is 0 Å². The van der Waals surface area contributed by atoms with E-state index in [9.17, 15) is 4.39 Å². The molecule has 0 saturated heterocycles. The molecule has 0 aliphatic rings. The molecular formula is C12H8BrFN2OS. The fourth-order valence-electron chi connectivity index (χ4n) is 1.38. The van der Waals surface area contributed by atoms with Gasteiger partial charge in [0.05, 0.1) is 11.8 Å². The number of benzene rings is 1. The number of aromatic nitrogens is 1. The van der Waals surface area contributed by atoms with Gasteiger partial charge in [0.15, 0.2) is 5.75 Å². The zero-order valence-electron chi connectivity index (χ0n) is 9.06. The number of halogens is 2. The van der Waals surface area contributed by atoms with Gasteiger partial charge in [-0.2, -0.15) is 0 Å². The van der Waals surface area contributed by atoms with Gasteiger partial charge in [-0.15, -0.1) is 0 Å². The Morgan fingerprint density at radius 1 is 1.39 bits per heavy atom. The second kappa shape index (κ2) is 5.41. The third kappa shape index (κ3) is 3.02. The number of ether oxygens (including phenoxy) is 1. The summed E-state index contributed by atoms with van der Waals surface area (Å²) in [6.45, 7) is 0. The Bertz CT molecular complexity index is 586. The zero-order valence-corrected chi connectivity index (χ0v) is 11.5. The summed E-state index contributed by atoms with van der Waals surface area (Å²) in [7, 11) is 0. The van der Waals surface area contributed by atoms with E-state index in [1.807, 2.05) is 0 Å². The van der Waals surface area contributed by atoms with E-state index in [0.717, 1.165) is 0 Å². The number of hydrogen-bond donors (Lipinski definition) is 1. The Labute approximate surface area is 117 Å². The van der Waals surface area contributed by atoms with Crippen molar-refractivity contribution in [1.82, 2.24) is 4.98 Å². The van der Waals surface area contributed by atoms with Crippen molar-refractivity contribution in [3.8, 4) is 11.5 Å². The highest BCUT2D eigenvalue weighted by Crippen LogP contribution is 2.27. The second-order valence-electron chi connectivity index (χ2n) is 3.44. The normalized spacial score (nSPS) is 10.1. The molecule has 1 aromatic carbocycles. The van der Waals surface area contributed by atoms with Crippen LogP contribution in [0.5, 0.6) is 11.5 Å². The van der Waals surface area contributed by atoms with Crippen molar-refractivity contribution in [2.75, 3.05) is 0 Å². The monoisotopic (exact) mass is 326 g/mol. The minimum atomic E-state index is -0.403. The fraction of sp³-hybridized carbons (Fsp3) is 0. The SMILES string of the molecule is NC(=S)c1ccncc1Oc1cc(F)cc(Br)c1. The smallest absolute Gasteiger partial charge is 0.155 e. The molecule has 3 nitrogen and oxygen atoms in total. The number of hydrogen-bond acceptors (Lipinski definition) is 3. The van der Waals surface area contributed by atoms with Gasteiger partial charge in [-0.3, -0.25) is 4.98 Å². The largest absolute Gasteiger partial charge is 0.455 e. The van der Waals surface area contributed by atoms with Gasteiger partial charge >= 0.3 is 0 Å². The lowest BCUT2D eigenvalue weighted by atomic mass is 10.2. The summed E-state index contributed by atoms with van der Waals surface area (Å²) >= 11 is 8.09. The minimum Gasteiger partial charge on any atom is -0.455 e. The molecule has 1 heterocycles. The van der Waals surface area contributed by atoms with Crippen molar-refractivity contribution < 1.29 is 9.13 Å². The molecule has 2 aromatic rings. The van der Waals surface area contributed by atoms with Gasteiger partial charge in [0.1, 0.15) is 16.6 Å². The Balaban J connectivity index is 2.37. The number of nitrogens with zero attached hydrogens (tertiary/aromatic N) is 1. The molecule has 0 aliphatic carbocycles. The van der Waals surface area contributed by atoms with Crippen LogP contribution in [0.25, 0.3) is 0 Å². The molecule has 0 atom stereocenters. The van der Waals surface area contributed by atoms with Crippen molar-refractivity contribution in [1.29, 1.82) is 0 Å². The number of nitrogens with two attached hydrogens (primary N) is 1. The third-order valence-electron chi connectivity index (χ3n) is 2.11. The van der Waals surface area contributed by atoms with E-state index < -0.39 is 5.82 Å². The number of pyridine rings is 1. The molecule has 92 valence electrons. The van der Waals surface area contributed by atoms with Crippen molar-refractivity contribution >= 4 is 33.1 Å². The van der Waals surface area contributed by atoms with Crippen molar-refractivity contribution in [3.63, 3.8) is 0 Å². The maximum Gasteiger partial charge on any atom is 0.155 e. The van der Waals surface area contributed by atoms with E-state index in [4.69, 9.17) is 22.7 Å². The second-order valence-corrected chi connectivity index (χ2v) is 4.80. The van der Waals surface area contributed by atoms with Crippen LogP contribution in [0.3, 0.4) is 0 Å². The molecule has 0 bridgehead atoms. The quantitative estimate of drug-likeness (QED) is 0.878. The van der Waals surface area contributed by atoms with Gasteiger partial charge in [0, 0.05) is 16.7 Å². The first kappa shape index (κ1) is 12.9. The van der Waals surface area contributed by atoms with Crippen LogP contribution in [0.2, 0.25) is 0 Å². The van der Waals surface area contributed by atoms with E-state index in [-0.39, 0.29) is 4.99 Å². The first-order valence-electron chi connectivity index (χ1n) is 4.94. The first-order chi connectivity index (χ1) is 8.56. The molecule has 0 saturated carbocycles. The summed E-state index contributed by atoms with van der Waals surface area (Å²) < 4.78 is 19.3. The fourth-order valence-corrected chi connectivity index (χ4v) is 1.99. The van der Waals surface area contributed by atoms with Gasteiger partial charge in [0.2, 0.25) is 0 Å². The molecule has 0 aliphatic heterocycles. The van der Waals surface area contributed by atoms with Crippen molar-refractivity contribution in [2.24, 2.45) is 5.73 Å². The molecule has 18 heavy (non-hydrogen) atoms. The predicted octanol–water partition coefficient (Wildman–Crippen LogP) is 3.41. The molecule has 0 unspecified atom stereocenters. The van der Waals surface area contributed by atoms with Gasteiger partial charge in [-0.1, -0.05) is 28.1 Å². The molecule has 0 fully saturated rings. The van der Waals surface area contributed by atoms with E-state index in [2.05, 4.69) is 20.9 Å². The molecule has 6 heteroatoms. The lowest BCUT2D eigenvalue weighted by Gasteiger charge is -2.09. The van der Waals surface area contributed by atoms with E-state index >= 15 is 0 Å². The first-order valence-corrected chi connectivity index (χ1v) is 6.14. The maximum absolute atomic E-state index is 13.2. The van der Waals surface area contributed by atoms with Crippen LogP contribution < -0.4 is 10.5 Å². The number of rotatable bonds is 3. The standard InChI is InChI=1S/C12H8BrFN2OS/c13-7-3-8(14)5-9(4-7)17-11-6-16-2-1-10(11)12(15)18/h1-6H,(H2,15,18). The Morgan fingerprint density at radius 2 is 2.17 bits per heavy atom. The summed E-state index contributed by atoms with van der Waals surface area (Å²) in [6, 6.07) is 5.89. The highest BCUT2D eigenvalue weighted by molar-refractivity contribution is 9.10. The summed E-state index contributed by atoms with van der Waals surface area (Å²) in [4.78, 5) is 4.12. The zero-order chi connectivity index (χ0) is 13.1. The Hall–Kier alpha value is -1.53. The maximum atomic E-state index is 13.2. The van der Waals surface area contributed by atoms with Crippen LogP contribution in [0.15, 0.2) is 41.1 Å². The number of thiocarbonyl (C=S) groups is 1. The lowest BCUT2D eigenvalue weighted by Crippen LogP contribution is -2.10. The van der Waals surface area contributed by atoms with Crippen LogP contribution >= 0.6 is 28.1 Å². The van der Waals surface area contributed by atoms with Gasteiger partial charge < -0.3 is 10.5 Å². The van der Waals surface area contributed by atoms with Crippen LogP contribution in [0.1, 0.15) is 5.56 Å². The van der Waals surface area contributed by atoms with E-state index in [1.165, 1.54) is 18.3 Å². The summed E-state index contributed by atoms with van der Waals surface area (Å²) in [5, 5.41) is 0. The lowest BCUT2D eigenvalue weighted by molar-refractivity contribution is 0.473. The Kier molecular flexibility index (Phi) is 3.88. The van der Waals surface area contributed by atoms with Gasteiger partial charge in [-0.25, -0.2) is 4.39 Å². The molecule has 2 rings (SSSR count). The van der Waals surface area contributed by atoms with Gasteiger partial charge in [-0.05, 0) is 18.2 Å². The van der Waals surface area contributed by atoms with Crippen LogP contribution in [-0.4, -0.2) is 9.97 Å². The van der Waals surface area contributed by atoms with Gasteiger partial charge in [0.25, 0.3) is 0 Å². The molecule has 0 amide bonds. The highest BCUT2D eigenvalue weighted by atomic mass is 79.9. The summed E-state index contributed by atoms with van der Waals surface area (Å²) in [5.74, 6) is 0.329. The minimum absolute atomic E-state index is 0.197. The van der Waals surface area contributed by atoms with Crippen molar-refractivity contribution in [2.45, 2.75) is 0 Å². The van der Waals surface area contributed by atoms with Crippen LogP contribution in [0, 0.1) is 5.82 Å². The summed E-state index contributed by atoms with van der Waals surface area (Å²) in [6.07, 6.45) is 3.04. The molecule has 0 radical (unpaired) electrons. The average molecular weight is 327 g/mol.